The van der Waals surface area contributed by atoms with E-state index in [0.717, 1.165) is 66.7 Å². The van der Waals surface area contributed by atoms with E-state index in [4.69, 9.17) is 14.4 Å². The van der Waals surface area contributed by atoms with Crippen molar-refractivity contribution in [2.75, 3.05) is 0 Å². The molecule has 0 radical (unpaired) electrons. The molecule has 0 aliphatic heterocycles. The third kappa shape index (κ3) is 4.30. The van der Waals surface area contributed by atoms with Crippen molar-refractivity contribution in [2.45, 2.75) is 19.3 Å². The Bertz CT molecular complexity index is 3020. The van der Waals surface area contributed by atoms with Gasteiger partial charge in [-0.25, -0.2) is 9.97 Å². The Morgan fingerprint density at radius 3 is 2.00 bits per heavy atom. The first-order valence-corrected chi connectivity index (χ1v) is 18.2. The van der Waals surface area contributed by atoms with E-state index in [0.29, 0.717) is 5.82 Å². The number of para-hydroxylation sites is 2. The minimum atomic E-state index is -0.241. The number of furan rings is 1. The lowest BCUT2D eigenvalue weighted by atomic mass is 9.81. The fraction of sp³-hybridized carbons (Fsp3) is 0.0612. The van der Waals surface area contributed by atoms with E-state index in [9.17, 15) is 0 Å². The molecule has 0 atom stereocenters. The predicted octanol–water partition coefficient (Wildman–Crippen LogP) is 12.8. The minimum absolute atomic E-state index is 0.241. The summed E-state index contributed by atoms with van der Waals surface area (Å²) in [6.07, 6.45) is 0. The van der Waals surface area contributed by atoms with E-state index >= 15 is 0 Å². The molecule has 4 heteroatoms. The number of aromatic nitrogens is 3. The van der Waals surface area contributed by atoms with Crippen LogP contribution in [0.2, 0.25) is 0 Å². The van der Waals surface area contributed by atoms with Crippen molar-refractivity contribution in [2.24, 2.45) is 0 Å². The second-order valence-corrected chi connectivity index (χ2v) is 14.5. The molecular formula is C49H33N3O. The molecule has 0 unspecified atom stereocenters. The van der Waals surface area contributed by atoms with E-state index in [1.165, 1.54) is 33.0 Å². The monoisotopic (exact) mass is 679 g/mol. The summed E-state index contributed by atoms with van der Waals surface area (Å²) < 4.78 is 9.38. The minimum Gasteiger partial charge on any atom is -0.456 e. The van der Waals surface area contributed by atoms with Crippen LogP contribution in [-0.2, 0) is 5.41 Å². The Morgan fingerprint density at radius 1 is 0.547 bits per heavy atom. The van der Waals surface area contributed by atoms with Crippen LogP contribution in [0, 0.1) is 0 Å². The van der Waals surface area contributed by atoms with Crippen LogP contribution in [0.3, 0.4) is 0 Å². The second kappa shape index (κ2) is 11.1. The number of benzene rings is 7. The molecule has 10 aromatic rings. The van der Waals surface area contributed by atoms with E-state index in [2.05, 4.69) is 158 Å². The van der Waals surface area contributed by atoms with Gasteiger partial charge in [0.25, 0.3) is 0 Å². The van der Waals surface area contributed by atoms with Crippen molar-refractivity contribution in [3.63, 3.8) is 0 Å². The van der Waals surface area contributed by atoms with Crippen molar-refractivity contribution in [1.29, 1.82) is 0 Å². The summed E-state index contributed by atoms with van der Waals surface area (Å²) in [6.45, 7) is 4.68. The maximum Gasteiger partial charge on any atom is 0.160 e. The van der Waals surface area contributed by atoms with Gasteiger partial charge in [-0.15, -0.1) is 0 Å². The molecule has 1 aliphatic rings. The fourth-order valence-electron chi connectivity index (χ4n) is 8.81. The zero-order chi connectivity index (χ0) is 35.3. The first-order valence-electron chi connectivity index (χ1n) is 18.2. The average molecular weight is 680 g/mol. The maximum absolute atomic E-state index is 6.93. The first-order chi connectivity index (χ1) is 26.1. The van der Waals surface area contributed by atoms with Crippen molar-refractivity contribution in [3.8, 4) is 50.7 Å². The van der Waals surface area contributed by atoms with Gasteiger partial charge in [0.05, 0.1) is 27.8 Å². The van der Waals surface area contributed by atoms with Crippen LogP contribution in [0.5, 0.6) is 0 Å². The lowest BCUT2D eigenvalue weighted by Crippen LogP contribution is -2.15. The summed E-state index contributed by atoms with van der Waals surface area (Å²) in [4.78, 5) is 10.2. The molecule has 0 bridgehead atoms. The summed E-state index contributed by atoms with van der Waals surface area (Å²) in [5, 5.41) is 4.76. The van der Waals surface area contributed by atoms with Crippen molar-refractivity contribution in [1.82, 2.24) is 14.5 Å². The van der Waals surface area contributed by atoms with E-state index in [-0.39, 0.29) is 5.41 Å². The highest BCUT2D eigenvalue weighted by atomic mass is 16.3. The molecule has 3 heterocycles. The van der Waals surface area contributed by atoms with Crippen molar-refractivity contribution >= 4 is 43.7 Å². The third-order valence-corrected chi connectivity index (χ3v) is 11.2. The van der Waals surface area contributed by atoms with Crippen LogP contribution in [0.25, 0.3) is 94.5 Å². The standard InChI is InChI=1S/C49H33N3O/c1-49(2)37-25-12-9-22-34(37)42-43-35-23-10-13-26-40(35)52(46(43)44-36-24-11-14-27-41(36)53-47(44)45(42)49)33-21-15-20-32(28-33)39-29-38(30-16-5-3-6-17-30)50-48(51-39)31-18-7-4-8-19-31/h3-29H,1-2H3. The highest BCUT2D eigenvalue weighted by Crippen LogP contribution is 2.57. The van der Waals surface area contributed by atoms with Gasteiger partial charge in [0.2, 0.25) is 0 Å². The Kier molecular flexibility index (Phi) is 6.27. The lowest BCUT2D eigenvalue weighted by molar-refractivity contribution is 0.620. The van der Waals surface area contributed by atoms with Crippen LogP contribution >= 0.6 is 0 Å². The maximum atomic E-state index is 6.93. The summed E-state index contributed by atoms with van der Waals surface area (Å²) in [5.74, 6) is 0.702. The van der Waals surface area contributed by atoms with Crippen molar-refractivity contribution in [3.05, 3.63) is 175 Å². The third-order valence-electron chi connectivity index (χ3n) is 11.2. The van der Waals surface area contributed by atoms with Crippen LogP contribution in [0.1, 0.15) is 25.0 Å². The van der Waals surface area contributed by atoms with Crippen LogP contribution in [-0.4, -0.2) is 14.5 Å². The lowest BCUT2D eigenvalue weighted by Gasteiger charge is -2.22. The van der Waals surface area contributed by atoms with E-state index in [1.807, 2.05) is 24.3 Å². The summed E-state index contributed by atoms with van der Waals surface area (Å²) in [7, 11) is 0. The topological polar surface area (TPSA) is 43.9 Å². The second-order valence-electron chi connectivity index (χ2n) is 14.5. The summed E-state index contributed by atoms with van der Waals surface area (Å²) in [5.41, 5.74) is 15.0. The molecular weight excluding hydrogens is 647 g/mol. The Morgan fingerprint density at radius 2 is 1.19 bits per heavy atom. The highest BCUT2D eigenvalue weighted by Gasteiger charge is 2.41. The smallest absolute Gasteiger partial charge is 0.160 e. The van der Waals surface area contributed by atoms with Crippen molar-refractivity contribution < 1.29 is 4.42 Å². The zero-order valence-corrected chi connectivity index (χ0v) is 29.3. The van der Waals surface area contributed by atoms with Crippen LogP contribution in [0.15, 0.2) is 168 Å². The van der Waals surface area contributed by atoms with Gasteiger partial charge in [0, 0.05) is 49.5 Å². The summed E-state index contributed by atoms with van der Waals surface area (Å²) in [6, 6.07) is 57.7. The number of fused-ring (bicyclic) bond motifs is 12. The van der Waals surface area contributed by atoms with Gasteiger partial charge in [-0.2, -0.15) is 0 Å². The molecule has 0 fully saturated rings. The molecule has 0 N–H and O–H groups in total. The van der Waals surface area contributed by atoms with E-state index in [1.54, 1.807) is 0 Å². The molecule has 1 aliphatic carbocycles. The Balaban J connectivity index is 1.24. The van der Waals surface area contributed by atoms with E-state index < -0.39 is 0 Å². The Hall–Kier alpha value is -6.78. The summed E-state index contributed by atoms with van der Waals surface area (Å²) >= 11 is 0. The molecule has 7 aromatic carbocycles. The molecule has 0 spiro atoms. The van der Waals surface area contributed by atoms with Gasteiger partial charge in [0.15, 0.2) is 5.82 Å². The molecule has 4 nitrogen and oxygen atoms in total. The molecule has 0 saturated carbocycles. The average Bonchev–Trinajstić information content (AvgIpc) is 3.84. The number of hydrogen-bond acceptors (Lipinski definition) is 3. The van der Waals surface area contributed by atoms with Crippen LogP contribution in [0.4, 0.5) is 0 Å². The number of hydrogen-bond donors (Lipinski definition) is 0. The number of rotatable bonds is 4. The Labute approximate surface area is 306 Å². The molecule has 250 valence electrons. The van der Waals surface area contributed by atoms with Gasteiger partial charge in [0.1, 0.15) is 11.2 Å². The zero-order valence-electron chi connectivity index (χ0n) is 29.3. The fourth-order valence-corrected chi connectivity index (χ4v) is 8.81. The molecule has 3 aromatic heterocycles. The van der Waals surface area contributed by atoms with Gasteiger partial charge < -0.3 is 8.98 Å². The van der Waals surface area contributed by atoms with Crippen LogP contribution < -0.4 is 0 Å². The predicted molar refractivity (Wildman–Crippen MR) is 218 cm³/mol. The molecule has 53 heavy (non-hydrogen) atoms. The van der Waals surface area contributed by atoms with Gasteiger partial charge in [-0.3, -0.25) is 0 Å². The normalized spacial score (nSPS) is 13.2. The van der Waals surface area contributed by atoms with Gasteiger partial charge in [-0.05, 0) is 47.0 Å². The molecule has 11 rings (SSSR count). The van der Waals surface area contributed by atoms with Gasteiger partial charge >= 0.3 is 0 Å². The first kappa shape index (κ1) is 29.9. The molecule has 0 saturated heterocycles. The highest BCUT2D eigenvalue weighted by molar-refractivity contribution is 6.30. The largest absolute Gasteiger partial charge is 0.456 e. The number of nitrogens with zero attached hydrogens (tertiary/aromatic N) is 3. The molecule has 0 amide bonds. The SMILES string of the molecule is CC1(C)c2ccccc2-c2c1c1oc3ccccc3c1c1c2c2ccccc2n1-c1cccc(-c2cc(-c3ccccc3)nc(-c3ccccc3)n2)c1. The quantitative estimate of drug-likeness (QED) is 0.186. The van der Waals surface area contributed by atoms with Gasteiger partial charge in [-0.1, -0.05) is 147 Å².